The Balaban J connectivity index is 1.48. The number of hydrogen-bond donors (Lipinski definition) is 4. The molecule has 0 spiro atoms. The van der Waals surface area contributed by atoms with E-state index in [1.807, 2.05) is 42.5 Å². The molecular weight excluding hydrogens is 356 g/mol. The minimum atomic E-state index is -0.464. The first-order valence-corrected chi connectivity index (χ1v) is 8.50. The van der Waals surface area contributed by atoms with Gasteiger partial charge >= 0.3 is 0 Å². The van der Waals surface area contributed by atoms with Gasteiger partial charge in [0.2, 0.25) is 0 Å². The highest BCUT2D eigenvalue weighted by Gasteiger charge is 2.11. The second-order valence-electron chi connectivity index (χ2n) is 6.17. The molecular formula is C21H16N4O3. The minimum absolute atomic E-state index is 0.0580. The average molecular weight is 372 g/mol. The Morgan fingerprint density at radius 2 is 1.82 bits per heavy atom. The fraction of sp³-hybridized carbons (Fsp3) is 0. The maximum atomic E-state index is 12.2. The molecule has 0 aliphatic rings. The topological polar surface area (TPSA) is 111 Å². The first kappa shape index (κ1) is 17.3. The lowest BCUT2D eigenvalue weighted by atomic mass is 10.1. The van der Waals surface area contributed by atoms with Crippen molar-refractivity contribution in [1.82, 2.24) is 15.6 Å². The summed E-state index contributed by atoms with van der Waals surface area (Å²) in [5, 5.41) is 31.9. The van der Waals surface area contributed by atoms with Gasteiger partial charge in [-0.3, -0.25) is 9.89 Å². The Bertz CT molecular complexity index is 1200. The number of H-pyrrole nitrogens is 1. The van der Waals surface area contributed by atoms with Crippen LogP contribution in [0.25, 0.3) is 22.0 Å². The number of rotatable bonds is 4. The molecule has 138 valence electrons. The molecule has 0 unspecified atom stereocenters. The van der Waals surface area contributed by atoms with Crippen LogP contribution in [0.3, 0.4) is 0 Å². The van der Waals surface area contributed by atoms with E-state index in [9.17, 15) is 15.0 Å². The van der Waals surface area contributed by atoms with Crippen LogP contribution in [0.1, 0.15) is 16.1 Å². The van der Waals surface area contributed by atoms with Gasteiger partial charge in [0.1, 0.15) is 17.2 Å². The summed E-state index contributed by atoms with van der Waals surface area (Å²) in [7, 11) is 0. The van der Waals surface area contributed by atoms with E-state index >= 15 is 0 Å². The fourth-order valence-electron chi connectivity index (χ4n) is 2.80. The molecule has 4 N–H and O–H groups in total. The highest BCUT2D eigenvalue weighted by atomic mass is 16.3. The number of nitrogens with one attached hydrogen (secondary N) is 2. The number of benzene rings is 3. The quantitative estimate of drug-likeness (QED) is 0.325. The third-order valence-electron chi connectivity index (χ3n) is 4.25. The summed E-state index contributed by atoms with van der Waals surface area (Å²) in [5.41, 5.74) is 4.53. The molecule has 7 nitrogen and oxygen atoms in total. The van der Waals surface area contributed by atoms with Gasteiger partial charge in [0, 0.05) is 17.2 Å². The molecule has 0 saturated carbocycles. The van der Waals surface area contributed by atoms with Crippen LogP contribution in [0.4, 0.5) is 0 Å². The van der Waals surface area contributed by atoms with Gasteiger partial charge in [-0.05, 0) is 35.0 Å². The Hall–Kier alpha value is -4.13. The number of aromatic amines is 1. The van der Waals surface area contributed by atoms with Gasteiger partial charge in [-0.1, -0.05) is 36.4 Å². The summed E-state index contributed by atoms with van der Waals surface area (Å²) in [6.07, 6.45) is 1.29. The Labute approximate surface area is 160 Å². The summed E-state index contributed by atoms with van der Waals surface area (Å²) in [5.74, 6) is -0.662. The van der Waals surface area contributed by atoms with E-state index in [-0.39, 0.29) is 17.2 Å². The number of fused-ring (bicyclic) bond motifs is 1. The highest BCUT2D eigenvalue weighted by molar-refractivity contribution is 5.95. The number of phenolic OH excluding ortho intramolecular Hbond substituents is 2. The maximum Gasteiger partial charge on any atom is 0.289 e. The number of hydrazone groups is 1. The van der Waals surface area contributed by atoms with E-state index < -0.39 is 5.91 Å². The fourth-order valence-corrected chi connectivity index (χ4v) is 2.80. The molecule has 4 rings (SSSR count). The molecule has 0 radical (unpaired) electrons. The second kappa shape index (κ2) is 7.24. The molecule has 1 heterocycles. The van der Waals surface area contributed by atoms with Crippen molar-refractivity contribution in [3.8, 4) is 22.8 Å². The Kier molecular flexibility index (Phi) is 4.47. The van der Waals surface area contributed by atoms with Crippen molar-refractivity contribution in [3.63, 3.8) is 0 Å². The SMILES string of the molecule is O=C(NN=Cc1ccc(O)cc1O)c1cc(-c2ccc3ccccc3c2)n[nH]1. The Morgan fingerprint density at radius 1 is 1.00 bits per heavy atom. The third kappa shape index (κ3) is 3.54. The van der Waals surface area contributed by atoms with Crippen LogP contribution in [0, 0.1) is 0 Å². The van der Waals surface area contributed by atoms with Crippen LogP contribution in [-0.4, -0.2) is 32.5 Å². The number of aromatic nitrogens is 2. The molecule has 0 fully saturated rings. The van der Waals surface area contributed by atoms with Gasteiger partial charge in [0.05, 0.1) is 11.9 Å². The van der Waals surface area contributed by atoms with Crippen LogP contribution >= 0.6 is 0 Å². The smallest absolute Gasteiger partial charge is 0.289 e. The third-order valence-corrected chi connectivity index (χ3v) is 4.25. The van der Waals surface area contributed by atoms with Gasteiger partial charge in [0.15, 0.2) is 0 Å². The number of aromatic hydroxyl groups is 2. The number of nitrogens with zero attached hydrogens (tertiary/aromatic N) is 2. The maximum absolute atomic E-state index is 12.2. The summed E-state index contributed by atoms with van der Waals surface area (Å²) < 4.78 is 0. The summed E-state index contributed by atoms with van der Waals surface area (Å²) in [6.45, 7) is 0. The molecule has 4 aromatic rings. The Morgan fingerprint density at radius 3 is 2.64 bits per heavy atom. The molecule has 28 heavy (non-hydrogen) atoms. The van der Waals surface area contributed by atoms with Crippen molar-refractivity contribution in [2.45, 2.75) is 0 Å². The largest absolute Gasteiger partial charge is 0.508 e. The standard InChI is InChI=1S/C21H16N4O3/c26-17-8-7-16(20(27)10-17)12-22-25-21(28)19-11-18(23-24-19)15-6-5-13-3-1-2-4-14(13)9-15/h1-12,26-27H,(H,23,24)(H,25,28). The predicted molar refractivity (Wildman–Crippen MR) is 106 cm³/mol. The first-order chi connectivity index (χ1) is 13.6. The lowest BCUT2D eigenvalue weighted by Crippen LogP contribution is -2.18. The second-order valence-corrected chi connectivity index (χ2v) is 6.17. The molecule has 0 bridgehead atoms. The van der Waals surface area contributed by atoms with E-state index in [4.69, 9.17) is 0 Å². The van der Waals surface area contributed by atoms with Gasteiger partial charge < -0.3 is 10.2 Å². The lowest BCUT2D eigenvalue weighted by Gasteiger charge is -2.00. The van der Waals surface area contributed by atoms with E-state index in [0.29, 0.717) is 11.3 Å². The van der Waals surface area contributed by atoms with Crippen LogP contribution in [-0.2, 0) is 0 Å². The zero-order valence-corrected chi connectivity index (χ0v) is 14.6. The number of hydrogen-bond acceptors (Lipinski definition) is 5. The van der Waals surface area contributed by atoms with Crippen molar-refractivity contribution in [2.75, 3.05) is 0 Å². The number of phenols is 2. The molecule has 0 aliphatic carbocycles. The number of amides is 1. The average Bonchev–Trinajstić information content (AvgIpc) is 3.19. The van der Waals surface area contributed by atoms with E-state index in [2.05, 4.69) is 20.7 Å². The van der Waals surface area contributed by atoms with Crippen LogP contribution in [0.5, 0.6) is 11.5 Å². The van der Waals surface area contributed by atoms with Crippen LogP contribution in [0.2, 0.25) is 0 Å². The van der Waals surface area contributed by atoms with Crippen molar-refractivity contribution < 1.29 is 15.0 Å². The van der Waals surface area contributed by atoms with Gasteiger partial charge in [-0.2, -0.15) is 10.2 Å². The van der Waals surface area contributed by atoms with Gasteiger partial charge in [0.25, 0.3) is 5.91 Å². The normalized spacial score (nSPS) is 11.1. The predicted octanol–water partition coefficient (Wildman–Crippen LogP) is 3.41. The van der Waals surface area contributed by atoms with Gasteiger partial charge in [-0.15, -0.1) is 0 Å². The monoisotopic (exact) mass is 372 g/mol. The van der Waals surface area contributed by atoms with E-state index in [0.717, 1.165) is 16.3 Å². The van der Waals surface area contributed by atoms with Crippen LogP contribution < -0.4 is 5.43 Å². The summed E-state index contributed by atoms with van der Waals surface area (Å²) >= 11 is 0. The first-order valence-electron chi connectivity index (χ1n) is 8.50. The van der Waals surface area contributed by atoms with Crippen molar-refractivity contribution >= 4 is 22.9 Å². The van der Waals surface area contributed by atoms with Crippen molar-refractivity contribution in [3.05, 3.63) is 78.0 Å². The molecule has 0 atom stereocenters. The van der Waals surface area contributed by atoms with E-state index in [1.165, 1.54) is 24.4 Å². The molecule has 3 aromatic carbocycles. The van der Waals surface area contributed by atoms with Gasteiger partial charge in [-0.25, -0.2) is 5.43 Å². The summed E-state index contributed by atoms with van der Waals surface area (Å²) in [6, 6.07) is 19.7. The number of carbonyl (C=O) groups excluding carboxylic acids is 1. The summed E-state index contributed by atoms with van der Waals surface area (Å²) in [4.78, 5) is 12.2. The molecule has 1 aromatic heterocycles. The molecule has 0 saturated heterocycles. The zero-order valence-electron chi connectivity index (χ0n) is 14.6. The minimum Gasteiger partial charge on any atom is -0.508 e. The van der Waals surface area contributed by atoms with Crippen LogP contribution in [0.15, 0.2) is 71.8 Å². The molecule has 0 aliphatic heterocycles. The van der Waals surface area contributed by atoms with E-state index in [1.54, 1.807) is 6.07 Å². The van der Waals surface area contributed by atoms with Crippen molar-refractivity contribution in [1.29, 1.82) is 0 Å². The number of carbonyl (C=O) groups is 1. The molecule has 7 heteroatoms. The van der Waals surface area contributed by atoms with Crippen molar-refractivity contribution in [2.24, 2.45) is 5.10 Å². The highest BCUT2D eigenvalue weighted by Crippen LogP contribution is 2.23. The molecule has 1 amide bonds. The zero-order chi connectivity index (χ0) is 19.5. The lowest BCUT2D eigenvalue weighted by molar-refractivity contribution is 0.0950.